The van der Waals surface area contributed by atoms with E-state index in [0.29, 0.717) is 12.5 Å². The Morgan fingerprint density at radius 3 is 2.72 bits per heavy atom. The molecule has 1 aromatic rings. The van der Waals surface area contributed by atoms with Crippen LogP contribution in [-0.2, 0) is 24.3 Å². The van der Waals surface area contributed by atoms with Crippen LogP contribution in [0, 0.1) is 5.92 Å². The Labute approximate surface area is 115 Å². The highest BCUT2D eigenvalue weighted by molar-refractivity contribution is 7.11. The van der Waals surface area contributed by atoms with Gasteiger partial charge in [0.1, 0.15) is 5.01 Å². The number of ether oxygens (including phenoxy) is 1. The lowest BCUT2D eigenvalue weighted by molar-refractivity contribution is 0.121. The fourth-order valence-corrected chi connectivity index (χ4v) is 2.76. The van der Waals surface area contributed by atoms with Gasteiger partial charge in [-0.1, -0.05) is 27.7 Å². The third kappa shape index (κ3) is 5.46. The van der Waals surface area contributed by atoms with Crippen molar-refractivity contribution in [2.45, 2.75) is 53.7 Å². The van der Waals surface area contributed by atoms with Crippen molar-refractivity contribution in [1.29, 1.82) is 0 Å². The van der Waals surface area contributed by atoms with E-state index in [9.17, 15) is 0 Å². The summed E-state index contributed by atoms with van der Waals surface area (Å²) >= 11 is 1.79. The largest absolute Gasteiger partial charge is 0.374 e. The van der Waals surface area contributed by atoms with Crippen molar-refractivity contribution in [3.8, 4) is 0 Å². The van der Waals surface area contributed by atoms with Gasteiger partial charge < -0.3 is 10.1 Å². The number of rotatable bonds is 9. The van der Waals surface area contributed by atoms with Crippen molar-refractivity contribution in [1.82, 2.24) is 10.3 Å². The molecule has 18 heavy (non-hydrogen) atoms. The summed E-state index contributed by atoms with van der Waals surface area (Å²) in [6, 6.07) is 0. The highest BCUT2D eigenvalue weighted by atomic mass is 32.1. The molecule has 0 amide bonds. The Morgan fingerprint density at radius 1 is 1.33 bits per heavy atom. The summed E-state index contributed by atoms with van der Waals surface area (Å²) in [5.41, 5.74) is 1.23. The van der Waals surface area contributed by atoms with Crippen molar-refractivity contribution in [3.63, 3.8) is 0 Å². The Hall–Kier alpha value is -0.450. The Balaban J connectivity index is 2.49. The summed E-state index contributed by atoms with van der Waals surface area (Å²) in [5.74, 6) is 0.690. The van der Waals surface area contributed by atoms with Gasteiger partial charge in [0.05, 0.1) is 12.3 Å². The first kappa shape index (κ1) is 15.6. The van der Waals surface area contributed by atoms with E-state index in [4.69, 9.17) is 4.74 Å². The van der Waals surface area contributed by atoms with Crippen LogP contribution in [0.15, 0.2) is 0 Å². The Bertz CT molecular complexity index is 337. The van der Waals surface area contributed by atoms with Crippen LogP contribution in [0.2, 0.25) is 0 Å². The summed E-state index contributed by atoms with van der Waals surface area (Å²) in [4.78, 5) is 6.02. The molecule has 0 aliphatic heterocycles. The van der Waals surface area contributed by atoms with E-state index in [1.54, 1.807) is 11.3 Å². The first-order valence-electron chi connectivity index (χ1n) is 6.93. The van der Waals surface area contributed by atoms with Crippen LogP contribution in [0.1, 0.15) is 49.7 Å². The lowest BCUT2D eigenvalue weighted by Gasteiger charge is -2.06. The van der Waals surface area contributed by atoms with Crippen molar-refractivity contribution in [2.75, 3.05) is 13.2 Å². The molecule has 0 radical (unpaired) electrons. The predicted octanol–water partition coefficient (Wildman–Crippen LogP) is 3.38. The van der Waals surface area contributed by atoms with Gasteiger partial charge in [0.15, 0.2) is 0 Å². The van der Waals surface area contributed by atoms with E-state index in [1.165, 1.54) is 10.6 Å². The van der Waals surface area contributed by atoms with Gasteiger partial charge in [-0.3, -0.25) is 0 Å². The minimum Gasteiger partial charge on any atom is -0.374 e. The zero-order chi connectivity index (χ0) is 13.4. The first-order chi connectivity index (χ1) is 8.67. The minimum atomic E-state index is 0.662. The fourth-order valence-electron chi connectivity index (χ4n) is 1.69. The molecule has 104 valence electrons. The van der Waals surface area contributed by atoms with Crippen LogP contribution >= 0.6 is 11.3 Å². The summed E-state index contributed by atoms with van der Waals surface area (Å²) in [5, 5.41) is 4.60. The fraction of sp³-hybridized carbons (Fsp3) is 0.786. The molecule has 0 spiro atoms. The molecule has 0 unspecified atom stereocenters. The van der Waals surface area contributed by atoms with Gasteiger partial charge in [-0.15, -0.1) is 11.3 Å². The number of hydrogen-bond donors (Lipinski definition) is 1. The minimum absolute atomic E-state index is 0.662. The lowest BCUT2D eigenvalue weighted by atomic mass is 10.2. The number of aromatic nitrogens is 1. The molecule has 0 bridgehead atoms. The van der Waals surface area contributed by atoms with Gasteiger partial charge >= 0.3 is 0 Å². The summed E-state index contributed by atoms with van der Waals surface area (Å²) in [7, 11) is 0. The van der Waals surface area contributed by atoms with E-state index in [1.807, 2.05) is 0 Å². The van der Waals surface area contributed by atoms with Crippen LogP contribution in [0.4, 0.5) is 0 Å². The van der Waals surface area contributed by atoms with Crippen molar-refractivity contribution < 1.29 is 4.74 Å². The third-order valence-electron chi connectivity index (χ3n) is 2.57. The topological polar surface area (TPSA) is 34.1 Å². The second kappa shape index (κ2) is 8.62. The second-order valence-electron chi connectivity index (χ2n) is 4.91. The highest BCUT2D eigenvalue weighted by Crippen LogP contribution is 2.20. The average Bonchev–Trinajstić information content (AvgIpc) is 2.71. The molecule has 1 rings (SSSR count). The standard InChI is InChI=1S/C14H26N2OS/c1-5-7-17-10-14-16-12(6-2)13(18-14)9-15-8-11(3)4/h11,15H,5-10H2,1-4H3. The number of nitrogens with zero attached hydrogens (tertiary/aromatic N) is 1. The average molecular weight is 270 g/mol. The lowest BCUT2D eigenvalue weighted by Crippen LogP contribution is -2.18. The van der Waals surface area contributed by atoms with Crippen molar-refractivity contribution >= 4 is 11.3 Å². The molecule has 0 atom stereocenters. The number of nitrogens with one attached hydrogen (secondary N) is 1. The van der Waals surface area contributed by atoms with E-state index in [0.717, 1.165) is 37.5 Å². The van der Waals surface area contributed by atoms with Gasteiger partial charge in [-0.05, 0) is 25.3 Å². The molecule has 0 saturated carbocycles. The van der Waals surface area contributed by atoms with Gasteiger partial charge in [0, 0.05) is 18.0 Å². The number of aryl methyl sites for hydroxylation is 1. The molecular weight excluding hydrogens is 244 g/mol. The summed E-state index contributed by atoms with van der Waals surface area (Å²) < 4.78 is 5.55. The molecular formula is C14H26N2OS. The molecule has 1 aromatic heterocycles. The van der Waals surface area contributed by atoms with Crippen molar-refractivity contribution in [2.24, 2.45) is 5.92 Å². The summed E-state index contributed by atoms with van der Waals surface area (Å²) in [6.45, 7) is 12.2. The highest BCUT2D eigenvalue weighted by Gasteiger charge is 2.09. The number of hydrogen-bond acceptors (Lipinski definition) is 4. The van der Waals surface area contributed by atoms with E-state index in [2.05, 4.69) is 38.0 Å². The van der Waals surface area contributed by atoms with Crippen molar-refractivity contribution in [3.05, 3.63) is 15.6 Å². The smallest absolute Gasteiger partial charge is 0.119 e. The molecule has 3 nitrogen and oxygen atoms in total. The molecule has 0 fully saturated rings. The van der Waals surface area contributed by atoms with Gasteiger partial charge in [-0.2, -0.15) is 0 Å². The molecule has 1 N–H and O–H groups in total. The van der Waals surface area contributed by atoms with Crippen LogP contribution < -0.4 is 5.32 Å². The van der Waals surface area contributed by atoms with E-state index < -0.39 is 0 Å². The third-order valence-corrected chi connectivity index (χ3v) is 3.64. The molecule has 0 aliphatic rings. The van der Waals surface area contributed by atoms with E-state index in [-0.39, 0.29) is 0 Å². The first-order valence-corrected chi connectivity index (χ1v) is 7.74. The van der Waals surface area contributed by atoms with Crippen LogP contribution in [0.5, 0.6) is 0 Å². The zero-order valence-electron chi connectivity index (χ0n) is 12.1. The maximum Gasteiger partial charge on any atom is 0.119 e. The molecule has 0 saturated heterocycles. The molecule has 0 aromatic carbocycles. The van der Waals surface area contributed by atoms with Gasteiger partial charge in [0.2, 0.25) is 0 Å². The zero-order valence-corrected chi connectivity index (χ0v) is 12.9. The summed E-state index contributed by atoms with van der Waals surface area (Å²) in [6.07, 6.45) is 2.07. The van der Waals surface area contributed by atoms with Crippen LogP contribution in [-0.4, -0.2) is 18.1 Å². The quantitative estimate of drug-likeness (QED) is 0.699. The molecule has 0 aliphatic carbocycles. The van der Waals surface area contributed by atoms with Crippen LogP contribution in [0.3, 0.4) is 0 Å². The SMILES string of the molecule is CCCOCc1nc(CC)c(CNCC(C)C)s1. The normalized spacial score (nSPS) is 11.4. The van der Waals surface area contributed by atoms with Gasteiger partial charge in [-0.25, -0.2) is 4.98 Å². The monoisotopic (exact) mass is 270 g/mol. The predicted molar refractivity (Wildman–Crippen MR) is 78.0 cm³/mol. The maximum atomic E-state index is 5.55. The van der Waals surface area contributed by atoms with Gasteiger partial charge in [0.25, 0.3) is 0 Å². The molecule has 4 heteroatoms. The Kier molecular flexibility index (Phi) is 7.47. The Morgan fingerprint density at radius 2 is 2.11 bits per heavy atom. The molecule has 1 heterocycles. The maximum absolute atomic E-state index is 5.55. The second-order valence-corrected chi connectivity index (χ2v) is 6.08. The number of thiazole rings is 1. The van der Waals surface area contributed by atoms with E-state index >= 15 is 0 Å². The van der Waals surface area contributed by atoms with Crippen LogP contribution in [0.25, 0.3) is 0 Å².